The van der Waals surface area contributed by atoms with Crippen molar-refractivity contribution in [1.82, 2.24) is 4.90 Å². The highest BCUT2D eigenvalue weighted by molar-refractivity contribution is 4.77. The van der Waals surface area contributed by atoms with Crippen molar-refractivity contribution in [3.8, 4) is 0 Å². The molecule has 0 aromatic rings. The van der Waals surface area contributed by atoms with Gasteiger partial charge in [-0.25, -0.2) is 0 Å². The molecule has 0 bridgehead atoms. The van der Waals surface area contributed by atoms with Crippen molar-refractivity contribution in [1.29, 1.82) is 0 Å². The molecule has 0 N–H and O–H groups in total. The second-order valence-corrected chi connectivity index (χ2v) is 3.70. The van der Waals surface area contributed by atoms with Crippen LogP contribution in [0.5, 0.6) is 0 Å². The summed E-state index contributed by atoms with van der Waals surface area (Å²) in [6.45, 7) is 3.66. The lowest BCUT2D eigenvalue weighted by molar-refractivity contribution is -0.137. The monoisotopic (exact) mass is 195 g/mol. The molecule has 0 spiro atoms. The van der Waals surface area contributed by atoms with E-state index in [1.54, 1.807) is 0 Å². The van der Waals surface area contributed by atoms with Crippen LogP contribution in [0.25, 0.3) is 0 Å². The van der Waals surface area contributed by atoms with E-state index in [4.69, 9.17) is 0 Å². The minimum atomic E-state index is -4.00. The Labute approximate surface area is 76.9 Å². The molecule has 1 saturated carbocycles. The number of halogens is 3. The molecule has 0 aliphatic heterocycles. The van der Waals surface area contributed by atoms with Crippen LogP contribution in [0.3, 0.4) is 0 Å². The fraction of sp³-hybridized carbons (Fsp3) is 1.00. The molecule has 1 aliphatic carbocycles. The molecule has 0 heterocycles. The topological polar surface area (TPSA) is 3.24 Å². The Bertz CT molecular complexity index is 151. The molecular formula is C9H16F3N. The van der Waals surface area contributed by atoms with Gasteiger partial charge in [0, 0.05) is 13.1 Å². The van der Waals surface area contributed by atoms with E-state index in [1.807, 2.05) is 11.8 Å². The average Bonchev–Trinajstić information content (AvgIpc) is 2.79. The molecule has 1 rings (SSSR count). The predicted molar refractivity (Wildman–Crippen MR) is 45.5 cm³/mol. The maximum atomic E-state index is 11.9. The number of alkyl halides is 3. The van der Waals surface area contributed by atoms with Crippen LogP contribution in [0.15, 0.2) is 0 Å². The first-order valence-electron chi connectivity index (χ1n) is 4.80. The molecule has 0 aromatic carbocycles. The van der Waals surface area contributed by atoms with E-state index in [-0.39, 0.29) is 6.54 Å². The van der Waals surface area contributed by atoms with Crippen LogP contribution in [-0.2, 0) is 0 Å². The van der Waals surface area contributed by atoms with Gasteiger partial charge >= 0.3 is 6.18 Å². The van der Waals surface area contributed by atoms with E-state index in [0.29, 0.717) is 5.92 Å². The fourth-order valence-corrected chi connectivity index (χ4v) is 1.33. The van der Waals surface area contributed by atoms with Crippen molar-refractivity contribution < 1.29 is 13.2 Å². The van der Waals surface area contributed by atoms with Gasteiger partial charge in [-0.3, -0.25) is 0 Å². The van der Waals surface area contributed by atoms with E-state index < -0.39 is 12.6 Å². The molecule has 0 unspecified atom stereocenters. The normalized spacial score (nSPS) is 18.2. The lowest BCUT2D eigenvalue weighted by Gasteiger charge is -2.20. The van der Waals surface area contributed by atoms with Crippen LogP contribution in [0.4, 0.5) is 13.2 Å². The van der Waals surface area contributed by atoms with E-state index in [1.165, 1.54) is 12.8 Å². The van der Waals surface area contributed by atoms with Gasteiger partial charge in [-0.05, 0) is 25.3 Å². The van der Waals surface area contributed by atoms with E-state index in [9.17, 15) is 13.2 Å². The van der Waals surface area contributed by atoms with Crippen molar-refractivity contribution in [2.75, 3.05) is 19.6 Å². The Hall–Kier alpha value is -0.250. The Morgan fingerprint density at radius 1 is 1.31 bits per heavy atom. The third-order valence-corrected chi connectivity index (χ3v) is 2.37. The zero-order valence-corrected chi connectivity index (χ0v) is 7.90. The van der Waals surface area contributed by atoms with Gasteiger partial charge in [-0.15, -0.1) is 0 Å². The molecule has 78 valence electrons. The predicted octanol–water partition coefficient (Wildman–Crippen LogP) is 2.67. The summed E-state index contributed by atoms with van der Waals surface area (Å²) in [7, 11) is 0. The summed E-state index contributed by atoms with van der Waals surface area (Å²) in [4.78, 5) is 1.89. The van der Waals surface area contributed by atoms with E-state index >= 15 is 0 Å². The summed E-state index contributed by atoms with van der Waals surface area (Å²) in [5.74, 6) is 0.674. The summed E-state index contributed by atoms with van der Waals surface area (Å²) < 4.78 is 35.6. The third kappa shape index (κ3) is 5.13. The van der Waals surface area contributed by atoms with Crippen LogP contribution in [-0.4, -0.2) is 30.7 Å². The van der Waals surface area contributed by atoms with Gasteiger partial charge in [0.1, 0.15) is 0 Å². The first-order valence-corrected chi connectivity index (χ1v) is 4.80. The number of rotatable bonds is 5. The first-order chi connectivity index (χ1) is 6.01. The van der Waals surface area contributed by atoms with E-state index in [0.717, 1.165) is 13.1 Å². The smallest absolute Gasteiger partial charge is 0.303 e. The minimum absolute atomic E-state index is 0.163. The zero-order valence-electron chi connectivity index (χ0n) is 7.90. The van der Waals surface area contributed by atoms with Gasteiger partial charge in [-0.2, -0.15) is 13.2 Å². The quantitative estimate of drug-likeness (QED) is 0.652. The largest absolute Gasteiger partial charge is 0.390 e. The molecule has 0 radical (unpaired) electrons. The Balaban J connectivity index is 2.14. The van der Waals surface area contributed by atoms with E-state index in [2.05, 4.69) is 0 Å². The second kappa shape index (κ2) is 4.31. The summed E-state index contributed by atoms with van der Waals surface area (Å²) >= 11 is 0. The van der Waals surface area contributed by atoms with Crippen molar-refractivity contribution >= 4 is 0 Å². The Morgan fingerprint density at radius 3 is 2.31 bits per heavy atom. The molecule has 0 atom stereocenters. The van der Waals surface area contributed by atoms with Crippen molar-refractivity contribution in [3.05, 3.63) is 0 Å². The van der Waals surface area contributed by atoms with Gasteiger partial charge < -0.3 is 4.90 Å². The minimum Gasteiger partial charge on any atom is -0.303 e. The number of hydrogen-bond donors (Lipinski definition) is 0. The molecule has 1 nitrogen and oxygen atoms in total. The lowest BCUT2D eigenvalue weighted by Crippen LogP contribution is -2.29. The fourth-order valence-electron chi connectivity index (χ4n) is 1.33. The van der Waals surface area contributed by atoms with Crippen LogP contribution in [0, 0.1) is 5.92 Å². The van der Waals surface area contributed by atoms with Crippen LogP contribution in [0.2, 0.25) is 0 Å². The van der Waals surface area contributed by atoms with Crippen LogP contribution in [0.1, 0.15) is 26.2 Å². The van der Waals surface area contributed by atoms with Gasteiger partial charge in [0.25, 0.3) is 0 Å². The Morgan fingerprint density at radius 2 is 1.92 bits per heavy atom. The molecule has 0 aromatic heterocycles. The molecule has 4 heteroatoms. The Kier molecular flexibility index (Phi) is 3.59. The standard InChI is InChI=1S/C9H16F3N/c1-2-13(7-8-3-4-8)6-5-9(10,11)12/h8H,2-7H2,1H3. The number of hydrogen-bond acceptors (Lipinski definition) is 1. The highest BCUT2D eigenvalue weighted by Crippen LogP contribution is 2.30. The van der Waals surface area contributed by atoms with Crippen molar-refractivity contribution in [2.24, 2.45) is 5.92 Å². The first kappa shape index (κ1) is 10.8. The summed E-state index contributed by atoms with van der Waals surface area (Å²) in [6.07, 6.45) is -2.28. The van der Waals surface area contributed by atoms with Crippen molar-refractivity contribution in [3.63, 3.8) is 0 Å². The summed E-state index contributed by atoms with van der Waals surface area (Å²) in [5.41, 5.74) is 0. The molecule has 1 aliphatic rings. The third-order valence-electron chi connectivity index (χ3n) is 2.37. The summed E-state index contributed by atoms with van der Waals surface area (Å²) in [6, 6.07) is 0. The van der Waals surface area contributed by atoms with Gasteiger partial charge in [0.2, 0.25) is 0 Å². The second-order valence-electron chi connectivity index (χ2n) is 3.70. The van der Waals surface area contributed by atoms with Gasteiger partial charge in [0.05, 0.1) is 6.42 Å². The zero-order chi connectivity index (χ0) is 9.90. The number of nitrogens with zero attached hydrogens (tertiary/aromatic N) is 1. The maximum Gasteiger partial charge on any atom is 0.390 e. The van der Waals surface area contributed by atoms with Gasteiger partial charge in [-0.1, -0.05) is 6.92 Å². The van der Waals surface area contributed by atoms with Crippen LogP contribution < -0.4 is 0 Å². The maximum absolute atomic E-state index is 11.9. The summed E-state index contributed by atoms with van der Waals surface area (Å²) in [5, 5.41) is 0. The SMILES string of the molecule is CCN(CCC(F)(F)F)CC1CC1. The lowest BCUT2D eigenvalue weighted by atomic mass is 10.3. The molecule has 0 saturated heterocycles. The highest BCUT2D eigenvalue weighted by atomic mass is 19.4. The average molecular weight is 195 g/mol. The molecule has 0 amide bonds. The van der Waals surface area contributed by atoms with Gasteiger partial charge in [0.15, 0.2) is 0 Å². The molecular weight excluding hydrogens is 179 g/mol. The van der Waals surface area contributed by atoms with Crippen LogP contribution >= 0.6 is 0 Å². The molecule has 13 heavy (non-hydrogen) atoms. The van der Waals surface area contributed by atoms with Crippen molar-refractivity contribution in [2.45, 2.75) is 32.4 Å². The molecule has 1 fully saturated rings. The highest BCUT2D eigenvalue weighted by Gasteiger charge is 2.29.